The summed E-state index contributed by atoms with van der Waals surface area (Å²) < 4.78 is 5.04. The minimum absolute atomic E-state index is 0.0497. The van der Waals surface area contributed by atoms with Gasteiger partial charge in [-0.2, -0.15) is 0 Å². The Balaban J connectivity index is 4.01. The summed E-state index contributed by atoms with van der Waals surface area (Å²) in [5.41, 5.74) is -1.02. The van der Waals surface area contributed by atoms with Crippen LogP contribution in [-0.4, -0.2) is 48.0 Å². The van der Waals surface area contributed by atoms with Gasteiger partial charge in [0.1, 0.15) is 6.10 Å². The third kappa shape index (κ3) is 7.45. The molecule has 0 aliphatic carbocycles. The van der Waals surface area contributed by atoms with E-state index in [9.17, 15) is 14.7 Å². The molecular formula is C14H27NO5. The number of aliphatic hydroxyl groups is 2. The van der Waals surface area contributed by atoms with Crippen molar-refractivity contribution < 1.29 is 24.5 Å². The summed E-state index contributed by atoms with van der Waals surface area (Å²) in [7, 11) is 0. The first-order valence-corrected chi connectivity index (χ1v) is 6.72. The van der Waals surface area contributed by atoms with E-state index in [1.54, 1.807) is 13.8 Å². The van der Waals surface area contributed by atoms with Crippen LogP contribution in [-0.2, 0) is 14.3 Å². The van der Waals surface area contributed by atoms with Crippen molar-refractivity contribution in [3.63, 3.8) is 0 Å². The lowest BCUT2D eigenvalue weighted by Crippen LogP contribution is -2.46. The van der Waals surface area contributed by atoms with Gasteiger partial charge in [-0.25, -0.2) is 0 Å². The maximum absolute atomic E-state index is 11.6. The summed E-state index contributed by atoms with van der Waals surface area (Å²) in [5.74, 6) is -0.996. The van der Waals surface area contributed by atoms with Crippen molar-refractivity contribution in [2.45, 2.75) is 47.1 Å². The van der Waals surface area contributed by atoms with Crippen LogP contribution in [0.5, 0.6) is 0 Å². The summed E-state index contributed by atoms with van der Waals surface area (Å²) in [4.78, 5) is 23.0. The molecule has 0 saturated heterocycles. The van der Waals surface area contributed by atoms with Crippen molar-refractivity contribution in [1.29, 1.82) is 0 Å². The molecule has 0 aromatic rings. The molecule has 0 aliphatic heterocycles. The quantitative estimate of drug-likeness (QED) is 0.592. The fourth-order valence-corrected chi connectivity index (χ4v) is 1.19. The van der Waals surface area contributed by atoms with Gasteiger partial charge in [0, 0.05) is 12.0 Å². The molecule has 0 spiro atoms. The Morgan fingerprint density at radius 2 is 1.75 bits per heavy atom. The second-order valence-corrected chi connectivity index (χ2v) is 6.81. The highest BCUT2D eigenvalue weighted by Gasteiger charge is 2.32. The van der Waals surface area contributed by atoms with Crippen molar-refractivity contribution in [3.8, 4) is 0 Å². The summed E-state index contributed by atoms with van der Waals surface area (Å²) in [6, 6.07) is 0. The molecule has 0 saturated carbocycles. The Labute approximate surface area is 120 Å². The van der Waals surface area contributed by atoms with Gasteiger partial charge in [0.25, 0.3) is 0 Å². The second-order valence-electron chi connectivity index (χ2n) is 6.81. The van der Waals surface area contributed by atoms with Crippen LogP contribution < -0.4 is 5.32 Å². The van der Waals surface area contributed by atoms with Gasteiger partial charge >= 0.3 is 5.97 Å². The lowest BCUT2D eigenvalue weighted by atomic mass is 9.87. The van der Waals surface area contributed by atoms with Gasteiger partial charge in [-0.05, 0) is 5.41 Å². The predicted octanol–water partition coefficient (Wildman–Crippen LogP) is 0.461. The molecule has 6 nitrogen and oxygen atoms in total. The highest BCUT2D eigenvalue weighted by Crippen LogP contribution is 2.19. The predicted molar refractivity (Wildman–Crippen MR) is 74.9 cm³/mol. The number of esters is 1. The normalized spacial score (nSPS) is 13.8. The molecule has 118 valence electrons. The van der Waals surface area contributed by atoms with Crippen LogP contribution in [0.2, 0.25) is 0 Å². The van der Waals surface area contributed by atoms with Crippen molar-refractivity contribution in [2.75, 3.05) is 19.8 Å². The first kappa shape index (κ1) is 18.9. The molecule has 0 radical (unpaired) electrons. The van der Waals surface area contributed by atoms with Crippen molar-refractivity contribution >= 4 is 11.9 Å². The molecule has 3 N–H and O–H groups in total. The van der Waals surface area contributed by atoms with E-state index in [1.165, 1.54) is 0 Å². The number of carbonyl (C=O) groups is 2. The SMILES string of the molecule is CC(C)(C)COC(=O)CCNC(=O)[C@H](O)C(C)(C)CO. The van der Waals surface area contributed by atoms with Crippen LogP contribution >= 0.6 is 0 Å². The van der Waals surface area contributed by atoms with E-state index >= 15 is 0 Å². The van der Waals surface area contributed by atoms with E-state index in [2.05, 4.69) is 5.32 Å². The Bertz CT molecular complexity index is 333. The van der Waals surface area contributed by atoms with E-state index in [0.29, 0.717) is 6.61 Å². The minimum atomic E-state index is -1.32. The average Bonchev–Trinajstić information content (AvgIpc) is 2.34. The van der Waals surface area contributed by atoms with Crippen molar-refractivity contribution in [2.24, 2.45) is 10.8 Å². The molecule has 0 unspecified atom stereocenters. The topological polar surface area (TPSA) is 95.9 Å². The van der Waals surface area contributed by atoms with Gasteiger partial charge in [-0.1, -0.05) is 34.6 Å². The fourth-order valence-electron chi connectivity index (χ4n) is 1.19. The maximum atomic E-state index is 11.6. The molecule has 0 heterocycles. The van der Waals surface area contributed by atoms with E-state index < -0.39 is 23.4 Å². The molecule has 0 fully saturated rings. The fraction of sp³-hybridized carbons (Fsp3) is 0.857. The lowest BCUT2D eigenvalue weighted by Gasteiger charge is -2.27. The van der Waals surface area contributed by atoms with Crippen molar-refractivity contribution in [3.05, 3.63) is 0 Å². The molecule has 1 amide bonds. The van der Waals surface area contributed by atoms with Gasteiger partial charge in [0.15, 0.2) is 0 Å². The zero-order chi connectivity index (χ0) is 16.0. The molecule has 20 heavy (non-hydrogen) atoms. The van der Waals surface area contributed by atoms with Gasteiger partial charge in [0.2, 0.25) is 5.91 Å². The molecule has 0 bridgehead atoms. The molecule has 0 aromatic carbocycles. The van der Waals surface area contributed by atoms with Crippen LogP contribution in [0.3, 0.4) is 0 Å². The Kier molecular flexibility index (Phi) is 7.16. The van der Waals surface area contributed by atoms with E-state index in [-0.39, 0.29) is 25.0 Å². The minimum Gasteiger partial charge on any atom is -0.465 e. The number of hydrogen-bond acceptors (Lipinski definition) is 5. The standard InChI is InChI=1S/C14H27NO5/c1-13(2,3)9-20-10(17)6-7-15-12(19)11(18)14(4,5)8-16/h11,16,18H,6-9H2,1-5H3,(H,15,19)/t11-/m0/s1. The smallest absolute Gasteiger partial charge is 0.307 e. The summed E-state index contributed by atoms with van der Waals surface area (Å²) >= 11 is 0. The molecular weight excluding hydrogens is 262 g/mol. The number of aliphatic hydroxyl groups excluding tert-OH is 2. The van der Waals surface area contributed by atoms with Gasteiger partial charge in [-0.3, -0.25) is 9.59 Å². The number of carbonyl (C=O) groups excluding carboxylic acids is 2. The van der Waals surface area contributed by atoms with Crippen LogP contribution in [0.4, 0.5) is 0 Å². The first-order chi connectivity index (χ1) is 8.99. The summed E-state index contributed by atoms with van der Waals surface area (Å²) in [6.45, 7) is 9.12. The highest BCUT2D eigenvalue weighted by molar-refractivity contribution is 5.81. The van der Waals surface area contributed by atoms with E-state index in [4.69, 9.17) is 9.84 Å². The Hall–Kier alpha value is -1.14. The zero-order valence-electron chi connectivity index (χ0n) is 13.0. The highest BCUT2D eigenvalue weighted by atomic mass is 16.5. The number of rotatable bonds is 7. The summed E-state index contributed by atoms with van der Waals surface area (Å²) in [6.07, 6.45) is -1.27. The summed E-state index contributed by atoms with van der Waals surface area (Å²) in [5, 5.41) is 21.2. The second kappa shape index (κ2) is 7.59. The third-order valence-corrected chi connectivity index (χ3v) is 2.69. The molecule has 0 aromatic heterocycles. The van der Waals surface area contributed by atoms with Crippen LogP contribution in [0.1, 0.15) is 41.0 Å². The number of hydrogen-bond donors (Lipinski definition) is 3. The maximum Gasteiger partial charge on any atom is 0.307 e. The number of amides is 1. The monoisotopic (exact) mass is 289 g/mol. The molecule has 1 atom stereocenters. The number of nitrogens with one attached hydrogen (secondary N) is 1. The van der Waals surface area contributed by atoms with E-state index in [0.717, 1.165) is 0 Å². The molecule has 6 heteroatoms. The molecule has 0 aliphatic rings. The largest absolute Gasteiger partial charge is 0.465 e. The third-order valence-electron chi connectivity index (χ3n) is 2.69. The Morgan fingerprint density at radius 3 is 2.20 bits per heavy atom. The van der Waals surface area contributed by atoms with Crippen LogP contribution in [0, 0.1) is 10.8 Å². The van der Waals surface area contributed by atoms with Gasteiger partial charge < -0.3 is 20.3 Å². The zero-order valence-corrected chi connectivity index (χ0v) is 13.0. The van der Waals surface area contributed by atoms with Crippen LogP contribution in [0.25, 0.3) is 0 Å². The van der Waals surface area contributed by atoms with E-state index in [1.807, 2.05) is 20.8 Å². The lowest BCUT2D eigenvalue weighted by molar-refractivity contribution is -0.146. The average molecular weight is 289 g/mol. The Morgan fingerprint density at radius 1 is 1.20 bits per heavy atom. The first-order valence-electron chi connectivity index (χ1n) is 6.72. The van der Waals surface area contributed by atoms with Gasteiger partial charge in [0.05, 0.1) is 19.6 Å². The van der Waals surface area contributed by atoms with Gasteiger partial charge in [-0.15, -0.1) is 0 Å². The molecule has 0 rings (SSSR count). The van der Waals surface area contributed by atoms with Crippen molar-refractivity contribution in [1.82, 2.24) is 5.32 Å². The number of ether oxygens (including phenoxy) is 1. The van der Waals surface area contributed by atoms with Crippen LogP contribution in [0.15, 0.2) is 0 Å².